The molecule has 0 amide bonds. The lowest BCUT2D eigenvalue weighted by atomic mass is 9.41. The molecule has 0 unspecified atom stereocenters. The second-order valence-electron chi connectivity index (χ2n) is 12.0. The molecule has 14 atom stereocenters. The van der Waals surface area contributed by atoms with Crippen molar-refractivity contribution >= 4 is 5.97 Å². The Hall–Kier alpha value is -0.730. The predicted molar refractivity (Wildman–Crippen MR) is 113 cm³/mol. The minimum Gasteiger partial charge on any atom is -0.462 e. The quantitative estimate of drug-likeness (QED) is 0.659. The molecule has 1 spiro atoms. The fourth-order valence-corrected chi connectivity index (χ4v) is 11.3. The lowest BCUT2D eigenvalue weighted by molar-refractivity contribution is -0.393. The normalized spacial score (nSPS) is 63.1. The summed E-state index contributed by atoms with van der Waals surface area (Å²) < 4.78 is 25.7. The van der Waals surface area contributed by atoms with Crippen molar-refractivity contribution in [3.8, 4) is 0 Å². The highest BCUT2D eigenvalue weighted by Gasteiger charge is 2.90. The van der Waals surface area contributed by atoms with E-state index in [0.29, 0.717) is 0 Å². The molecule has 4 heterocycles. The third-order valence-corrected chi connectivity index (χ3v) is 11.7. The van der Waals surface area contributed by atoms with E-state index in [2.05, 4.69) is 18.7 Å². The maximum Gasteiger partial charge on any atom is 0.302 e. The van der Waals surface area contributed by atoms with Gasteiger partial charge in [-0.15, -0.1) is 0 Å². The molecule has 5 aliphatic carbocycles. The number of methoxy groups -OCH3 is 2. The molecule has 4 aliphatic heterocycles. The van der Waals surface area contributed by atoms with E-state index in [1.54, 1.807) is 14.0 Å². The Morgan fingerprint density at radius 1 is 1.28 bits per heavy atom. The monoisotopic (exact) mass is 447 g/mol. The average Bonchev–Trinajstić information content (AvgIpc) is 3.18. The number of carbonyl (C=O) groups excluding carboxylic acids is 1. The summed E-state index contributed by atoms with van der Waals surface area (Å²) in [5.41, 5.74) is -0.725. The van der Waals surface area contributed by atoms with Gasteiger partial charge in [-0.1, -0.05) is 13.8 Å². The Morgan fingerprint density at radius 2 is 2.06 bits per heavy atom. The summed E-state index contributed by atoms with van der Waals surface area (Å²) in [6.45, 7) is 7.07. The summed E-state index contributed by atoms with van der Waals surface area (Å²) >= 11 is 0. The Labute approximate surface area is 190 Å². The van der Waals surface area contributed by atoms with E-state index in [4.69, 9.17) is 18.9 Å². The van der Waals surface area contributed by atoms with Crippen molar-refractivity contribution in [3.63, 3.8) is 0 Å². The lowest BCUT2D eigenvalue weighted by Crippen LogP contribution is -2.82. The van der Waals surface area contributed by atoms with Gasteiger partial charge in [0.1, 0.15) is 12.3 Å². The fourth-order valence-electron chi connectivity index (χ4n) is 11.3. The molecule has 178 valence electrons. The van der Waals surface area contributed by atoms with Crippen LogP contribution < -0.4 is 0 Å². The first-order valence-corrected chi connectivity index (χ1v) is 12.7. The van der Waals surface area contributed by atoms with Crippen molar-refractivity contribution in [2.24, 2.45) is 40.4 Å². The number of aliphatic hydroxyl groups is 1. The zero-order valence-electron chi connectivity index (χ0n) is 19.8. The second kappa shape index (κ2) is 6.09. The zero-order chi connectivity index (χ0) is 22.4. The molecular weight excluding hydrogens is 410 g/mol. The Morgan fingerprint density at radius 3 is 2.72 bits per heavy atom. The van der Waals surface area contributed by atoms with Crippen LogP contribution in [0, 0.1) is 40.4 Å². The third kappa shape index (κ3) is 1.82. The summed E-state index contributed by atoms with van der Waals surface area (Å²) in [6.07, 6.45) is 3.41. The van der Waals surface area contributed by atoms with E-state index in [1.165, 1.54) is 0 Å². The van der Waals surface area contributed by atoms with Crippen molar-refractivity contribution in [2.45, 2.75) is 88.7 Å². The number of carbonyl (C=O) groups is 1. The Balaban J connectivity index is 1.53. The first kappa shape index (κ1) is 20.6. The number of piperidine rings is 1. The fraction of sp³-hybridized carbons (Fsp3) is 0.960. The van der Waals surface area contributed by atoms with Crippen LogP contribution in [0.1, 0.15) is 46.5 Å². The van der Waals surface area contributed by atoms with Crippen LogP contribution in [-0.4, -0.2) is 79.0 Å². The number of rotatable bonds is 4. The maximum atomic E-state index is 12.5. The molecule has 0 aromatic rings. The van der Waals surface area contributed by atoms with Gasteiger partial charge in [0.15, 0.2) is 0 Å². The van der Waals surface area contributed by atoms with E-state index in [9.17, 15) is 9.90 Å². The summed E-state index contributed by atoms with van der Waals surface area (Å²) in [5, 5.41) is 11.7. The largest absolute Gasteiger partial charge is 0.462 e. The van der Waals surface area contributed by atoms with Gasteiger partial charge < -0.3 is 24.1 Å². The van der Waals surface area contributed by atoms with Crippen molar-refractivity contribution in [3.05, 3.63) is 0 Å². The van der Waals surface area contributed by atoms with Crippen LogP contribution in [0.2, 0.25) is 0 Å². The van der Waals surface area contributed by atoms with Gasteiger partial charge in [0.25, 0.3) is 0 Å². The van der Waals surface area contributed by atoms with Crippen LogP contribution in [0.25, 0.3) is 0 Å². The molecule has 4 saturated heterocycles. The van der Waals surface area contributed by atoms with Crippen LogP contribution in [-0.2, 0) is 23.7 Å². The van der Waals surface area contributed by atoms with Gasteiger partial charge in [0, 0.05) is 68.1 Å². The molecule has 32 heavy (non-hydrogen) atoms. The number of hydrogen-bond donors (Lipinski definition) is 1. The third-order valence-electron chi connectivity index (χ3n) is 11.7. The highest BCUT2D eigenvalue weighted by Crippen LogP contribution is 2.83. The molecule has 5 saturated carbocycles. The zero-order valence-corrected chi connectivity index (χ0v) is 19.8. The van der Waals surface area contributed by atoms with Crippen LogP contribution in [0.15, 0.2) is 0 Å². The Bertz CT molecular complexity index is 867. The smallest absolute Gasteiger partial charge is 0.302 e. The summed E-state index contributed by atoms with van der Waals surface area (Å²) in [7, 11) is 3.57. The van der Waals surface area contributed by atoms with E-state index in [0.717, 1.165) is 32.2 Å². The first-order chi connectivity index (χ1) is 15.3. The predicted octanol–water partition coefficient (Wildman–Crippen LogP) is 1.81. The van der Waals surface area contributed by atoms with E-state index >= 15 is 0 Å². The first-order valence-electron chi connectivity index (χ1n) is 12.7. The molecule has 7 heteroatoms. The highest BCUT2D eigenvalue weighted by atomic mass is 16.6. The summed E-state index contributed by atoms with van der Waals surface area (Å²) in [6, 6.07) is 0.252. The molecule has 7 nitrogen and oxygen atoms in total. The molecule has 9 bridgehead atoms. The van der Waals surface area contributed by atoms with Gasteiger partial charge in [-0.05, 0) is 31.7 Å². The number of fused-ring (bicyclic) bond motifs is 3. The second-order valence-corrected chi connectivity index (χ2v) is 12.0. The summed E-state index contributed by atoms with van der Waals surface area (Å²) in [5.74, 6) is 0.521. The van der Waals surface area contributed by atoms with Gasteiger partial charge in [-0.2, -0.15) is 0 Å². The minimum absolute atomic E-state index is 0.0165. The number of ether oxygens (including phenoxy) is 4. The minimum atomic E-state index is -0.559. The van der Waals surface area contributed by atoms with Crippen LogP contribution in [0.3, 0.4) is 0 Å². The molecular formula is C25H37NO6. The molecule has 9 rings (SSSR count). The van der Waals surface area contributed by atoms with Crippen molar-refractivity contribution in [1.82, 2.24) is 4.90 Å². The van der Waals surface area contributed by atoms with Gasteiger partial charge in [-0.3, -0.25) is 9.69 Å². The standard InChI is InChI=1S/C25H37NO6/c1-6-26-21-17-19(31-11(2)27)20-23(3)8-7-15(32-22(23)26)25(20,21)13-9-12-14(29-4)10-24(17,30-5)16(13)18(12)28/h12-22,28H,6-10H2,1-5H3/t12-,13-,14-,15-,16-,17-,18+,19-,20+,21+,22+,23+,24-,25-/m1/s1. The van der Waals surface area contributed by atoms with Gasteiger partial charge in [-0.25, -0.2) is 0 Å². The maximum absolute atomic E-state index is 12.5. The van der Waals surface area contributed by atoms with Gasteiger partial charge >= 0.3 is 5.97 Å². The van der Waals surface area contributed by atoms with Gasteiger partial charge in [0.05, 0.1) is 23.9 Å². The number of nitrogens with zero attached hydrogens (tertiary/aromatic N) is 1. The molecule has 1 N–H and O–H groups in total. The molecule has 0 aromatic carbocycles. The molecule has 9 fully saturated rings. The van der Waals surface area contributed by atoms with Crippen LogP contribution in [0.5, 0.6) is 0 Å². The van der Waals surface area contributed by atoms with Gasteiger partial charge in [0.2, 0.25) is 0 Å². The highest BCUT2D eigenvalue weighted by molar-refractivity contribution is 5.66. The van der Waals surface area contributed by atoms with E-state index < -0.39 is 11.7 Å². The van der Waals surface area contributed by atoms with Crippen molar-refractivity contribution in [1.29, 1.82) is 0 Å². The van der Waals surface area contributed by atoms with Crippen molar-refractivity contribution < 1.29 is 28.8 Å². The SMILES string of the molecule is CCN1[C@H]2O[C@@H]3CC[C@@]2(C)[C@@H]2[C@H](OC(C)=O)[C@@H]4[C@H]1[C@]32[C@@H]1C[C@H]2[C@H](O)[C@@H]1[C@]4(OC)C[C@H]2OC. The Kier molecular flexibility index (Phi) is 3.92. The topological polar surface area (TPSA) is 77.5 Å². The molecule has 0 aromatic heterocycles. The number of aliphatic hydroxyl groups excluding tert-OH is 1. The van der Waals surface area contributed by atoms with E-state index in [-0.39, 0.29) is 77.0 Å². The number of hydrogen-bond acceptors (Lipinski definition) is 7. The molecule has 0 radical (unpaired) electrons. The number of esters is 1. The van der Waals surface area contributed by atoms with E-state index in [1.807, 2.05) is 7.11 Å². The average molecular weight is 448 g/mol. The van der Waals surface area contributed by atoms with Crippen LogP contribution in [0.4, 0.5) is 0 Å². The lowest BCUT2D eigenvalue weighted by Gasteiger charge is -2.75. The van der Waals surface area contributed by atoms with Crippen molar-refractivity contribution in [2.75, 3.05) is 20.8 Å². The van der Waals surface area contributed by atoms with Crippen LogP contribution >= 0.6 is 0 Å². The summed E-state index contributed by atoms with van der Waals surface area (Å²) in [4.78, 5) is 15.1. The molecule has 9 aliphatic rings.